The van der Waals surface area contributed by atoms with Crippen LogP contribution in [0, 0.1) is 0 Å². The normalized spacial score (nSPS) is 12.2. The number of allylic oxidation sites excluding steroid dienone is 2. The van der Waals surface area contributed by atoms with Crippen LogP contribution in [0.4, 0.5) is 0 Å². The lowest BCUT2D eigenvalue weighted by molar-refractivity contribution is 1.29. The highest BCUT2D eigenvalue weighted by Gasteiger charge is 2.09. The van der Waals surface area contributed by atoms with E-state index in [4.69, 9.17) is 0 Å². The maximum atomic E-state index is 2.28. The largest absolute Gasteiger partial charge is 0.0913 e. The van der Waals surface area contributed by atoms with Gasteiger partial charge in [-0.05, 0) is 51.2 Å². The molecule has 0 atom stereocenters. The summed E-state index contributed by atoms with van der Waals surface area (Å²) in [5, 5.41) is 8.23. The number of rotatable bonds is 2. The van der Waals surface area contributed by atoms with Crippen molar-refractivity contribution >= 4 is 32.3 Å². The molecule has 0 fully saturated rings. The summed E-state index contributed by atoms with van der Waals surface area (Å²) in [4.78, 5) is 0. The van der Waals surface area contributed by atoms with Gasteiger partial charge in [-0.25, -0.2) is 0 Å². The fourth-order valence-electron chi connectivity index (χ4n) is 3.22. The molecule has 4 aromatic rings. The van der Waals surface area contributed by atoms with Crippen molar-refractivity contribution in [1.29, 1.82) is 0 Å². The van der Waals surface area contributed by atoms with E-state index in [9.17, 15) is 0 Å². The van der Waals surface area contributed by atoms with E-state index in [1.807, 2.05) is 0 Å². The van der Waals surface area contributed by atoms with Crippen molar-refractivity contribution < 1.29 is 0 Å². The predicted octanol–water partition coefficient (Wildman–Crippen LogP) is 5.70. The summed E-state index contributed by atoms with van der Waals surface area (Å²) in [5.74, 6) is 0. The highest BCUT2D eigenvalue weighted by Crippen LogP contribution is 2.35. The van der Waals surface area contributed by atoms with E-state index < -0.39 is 0 Å². The van der Waals surface area contributed by atoms with Crippen molar-refractivity contribution in [3.63, 3.8) is 0 Å². The molecule has 0 aromatic heterocycles. The molecule has 0 aliphatic heterocycles. The maximum Gasteiger partial charge on any atom is -0.00239 e. The molecular formula is C20H16. The van der Waals surface area contributed by atoms with Crippen molar-refractivity contribution in [2.75, 3.05) is 0 Å². The van der Waals surface area contributed by atoms with Crippen molar-refractivity contribution in [2.45, 2.75) is 13.3 Å². The third kappa shape index (κ3) is 1.55. The van der Waals surface area contributed by atoms with E-state index in [0.29, 0.717) is 0 Å². The fourth-order valence-corrected chi connectivity index (χ4v) is 3.22. The van der Waals surface area contributed by atoms with Crippen LogP contribution in [-0.4, -0.2) is 0 Å². The molecule has 0 heteroatoms. The predicted molar refractivity (Wildman–Crippen MR) is 88.7 cm³/mol. The highest BCUT2D eigenvalue weighted by molar-refractivity contribution is 6.23. The first kappa shape index (κ1) is 11.5. The van der Waals surface area contributed by atoms with Crippen molar-refractivity contribution in [3.05, 3.63) is 72.3 Å². The van der Waals surface area contributed by atoms with Crippen molar-refractivity contribution in [2.24, 2.45) is 0 Å². The second-order valence-corrected chi connectivity index (χ2v) is 5.35. The maximum absolute atomic E-state index is 2.28. The first-order valence-electron chi connectivity index (χ1n) is 7.15. The molecule has 0 saturated carbocycles. The third-order valence-corrected chi connectivity index (χ3v) is 4.19. The Hall–Kier alpha value is -2.34. The molecule has 0 aliphatic carbocycles. The zero-order valence-electron chi connectivity index (χ0n) is 11.6. The smallest absolute Gasteiger partial charge is 0.00239 e. The van der Waals surface area contributed by atoms with Crippen LogP contribution in [0.25, 0.3) is 32.3 Å². The van der Waals surface area contributed by atoms with Crippen LogP contribution in [0.3, 0.4) is 0 Å². The average Bonchev–Trinajstić information content (AvgIpc) is 2.51. The number of hydrogen-bond acceptors (Lipinski definition) is 0. The molecule has 0 heterocycles. The molecule has 0 N–H and O–H groups in total. The molecule has 0 nitrogen and oxygen atoms in total. The molecular weight excluding hydrogens is 240 g/mol. The summed E-state index contributed by atoms with van der Waals surface area (Å²) in [5.41, 5.74) is 1.41. The Bertz CT molecular complexity index is 913. The van der Waals surface area contributed by atoms with E-state index in [0.717, 1.165) is 6.42 Å². The summed E-state index contributed by atoms with van der Waals surface area (Å²) in [6.45, 7) is 2.08. The van der Waals surface area contributed by atoms with Crippen LogP contribution in [0.2, 0.25) is 0 Å². The minimum absolute atomic E-state index is 1.00. The van der Waals surface area contributed by atoms with Crippen LogP contribution < -0.4 is 0 Å². The Labute approximate surface area is 118 Å². The standard InChI is InChI=1S/C20H16/c1-2-3-5-14-8-9-17-11-10-15-6-4-7-16-12-13-18(14)20(17)19(15)16/h2-4,6-13H,5H2,1H3. The van der Waals surface area contributed by atoms with Gasteiger partial charge in [0, 0.05) is 0 Å². The van der Waals surface area contributed by atoms with Gasteiger partial charge in [0.25, 0.3) is 0 Å². The summed E-state index contributed by atoms with van der Waals surface area (Å²) >= 11 is 0. The lowest BCUT2D eigenvalue weighted by Crippen LogP contribution is -1.88. The topological polar surface area (TPSA) is 0 Å². The summed E-state index contributed by atoms with van der Waals surface area (Å²) in [6.07, 6.45) is 5.36. The van der Waals surface area contributed by atoms with E-state index in [1.54, 1.807) is 0 Å². The zero-order valence-corrected chi connectivity index (χ0v) is 11.6. The van der Waals surface area contributed by atoms with Gasteiger partial charge in [0.2, 0.25) is 0 Å². The molecule has 96 valence electrons. The average molecular weight is 256 g/mol. The molecule has 0 aliphatic rings. The molecule has 0 saturated heterocycles. The molecule has 4 rings (SSSR count). The van der Waals surface area contributed by atoms with Crippen LogP contribution in [0.5, 0.6) is 0 Å². The Morgan fingerprint density at radius 3 is 2.15 bits per heavy atom. The second-order valence-electron chi connectivity index (χ2n) is 5.35. The van der Waals surface area contributed by atoms with Gasteiger partial charge in [-0.1, -0.05) is 66.7 Å². The van der Waals surface area contributed by atoms with Crippen LogP contribution in [-0.2, 0) is 6.42 Å². The molecule has 0 radical (unpaired) electrons. The van der Waals surface area contributed by atoms with Crippen molar-refractivity contribution in [1.82, 2.24) is 0 Å². The Kier molecular flexibility index (Phi) is 2.50. The quantitative estimate of drug-likeness (QED) is 0.318. The van der Waals surface area contributed by atoms with Gasteiger partial charge in [-0.15, -0.1) is 0 Å². The lowest BCUT2D eigenvalue weighted by Gasteiger charge is -2.13. The number of benzene rings is 4. The summed E-state index contributed by atoms with van der Waals surface area (Å²) in [7, 11) is 0. The van der Waals surface area contributed by atoms with E-state index in [-0.39, 0.29) is 0 Å². The van der Waals surface area contributed by atoms with Gasteiger partial charge >= 0.3 is 0 Å². The molecule has 0 amide bonds. The molecule has 0 spiro atoms. The number of hydrogen-bond donors (Lipinski definition) is 0. The Morgan fingerprint density at radius 2 is 1.40 bits per heavy atom. The van der Waals surface area contributed by atoms with Gasteiger partial charge in [-0.2, -0.15) is 0 Å². The minimum atomic E-state index is 1.00. The van der Waals surface area contributed by atoms with E-state index in [1.165, 1.54) is 37.9 Å². The fraction of sp³-hybridized carbons (Fsp3) is 0.100. The minimum Gasteiger partial charge on any atom is -0.0913 e. The summed E-state index contributed by atoms with van der Waals surface area (Å²) < 4.78 is 0. The second kappa shape index (κ2) is 4.35. The van der Waals surface area contributed by atoms with Gasteiger partial charge in [0.15, 0.2) is 0 Å². The van der Waals surface area contributed by atoms with Gasteiger partial charge in [-0.3, -0.25) is 0 Å². The van der Waals surface area contributed by atoms with Gasteiger partial charge in [0.1, 0.15) is 0 Å². The van der Waals surface area contributed by atoms with Gasteiger partial charge < -0.3 is 0 Å². The van der Waals surface area contributed by atoms with Crippen LogP contribution in [0.15, 0.2) is 66.7 Å². The van der Waals surface area contributed by atoms with Crippen LogP contribution in [0.1, 0.15) is 12.5 Å². The molecule has 20 heavy (non-hydrogen) atoms. The first-order chi connectivity index (χ1) is 9.88. The zero-order chi connectivity index (χ0) is 13.5. The van der Waals surface area contributed by atoms with Gasteiger partial charge in [0.05, 0.1) is 0 Å². The first-order valence-corrected chi connectivity index (χ1v) is 7.15. The lowest BCUT2D eigenvalue weighted by atomic mass is 9.91. The van der Waals surface area contributed by atoms with Crippen molar-refractivity contribution in [3.8, 4) is 0 Å². The molecule has 4 aromatic carbocycles. The highest BCUT2D eigenvalue weighted by atomic mass is 14.1. The summed E-state index contributed by atoms with van der Waals surface area (Å²) in [6, 6.07) is 20.1. The monoisotopic (exact) mass is 256 g/mol. The Balaban J connectivity index is 2.20. The Morgan fingerprint density at radius 1 is 0.750 bits per heavy atom. The van der Waals surface area contributed by atoms with Crippen LogP contribution >= 0.6 is 0 Å². The van der Waals surface area contributed by atoms with E-state index in [2.05, 4.69) is 73.7 Å². The molecule has 0 bridgehead atoms. The van der Waals surface area contributed by atoms with E-state index >= 15 is 0 Å². The SMILES string of the molecule is CC=CCc1ccc2ccc3cccc4ccc1c2c34. The third-order valence-electron chi connectivity index (χ3n) is 4.19. The molecule has 0 unspecified atom stereocenters.